The number of furan rings is 1. The number of nitrogens with one attached hydrogen (secondary N) is 1. The number of aromatic nitrogens is 3. The maximum absolute atomic E-state index is 12.8. The molecular weight excluding hydrogens is 427 g/mol. The number of halogens is 2. The highest BCUT2D eigenvalue weighted by molar-refractivity contribution is 6.35. The van der Waals surface area contributed by atoms with Crippen LogP contribution in [0.2, 0.25) is 10.0 Å². The molecule has 0 aliphatic heterocycles. The summed E-state index contributed by atoms with van der Waals surface area (Å²) in [6.07, 6.45) is 1.51. The molecule has 0 bridgehead atoms. The van der Waals surface area contributed by atoms with E-state index in [1.165, 1.54) is 6.26 Å². The molecule has 4 rings (SSSR count). The van der Waals surface area contributed by atoms with Crippen LogP contribution in [0.1, 0.15) is 10.4 Å². The van der Waals surface area contributed by atoms with Gasteiger partial charge in [-0.25, -0.2) is 0 Å². The molecule has 0 saturated heterocycles. The summed E-state index contributed by atoms with van der Waals surface area (Å²) in [6, 6.07) is 17.9. The SMILES string of the molecule is O=C(COc1ccc(Cl)cc1Cl)n1nc(-c2ccco2)nc1NCc1ccccc1. The van der Waals surface area contributed by atoms with Gasteiger partial charge in [0.05, 0.1) is 11.3 Å². The Hall–Kier alpha value is -3.29. The van der Waals surface area contributed by atoms with Crippen molar-refractivity contribution in [3.8, 4) is 17.3 Å². The minimum atomic E-state index is -0.429. The second-order valence-corrected chi connectivity index (χ2v) is 7.09. The van der Waals surface area contributed by atoms with Crippen LogP contribution in [-0.2, 0) is 6.54 Å². The lowest BCUT2D eigenvalue weighted by molar-refractivity contribution is 0.0824. The summed E-state index contributed by atoms with van der Waals surface area (Å²) in [4.78, 5) is 17.2. The number of anilines is 1. The van der Waals surface area contributed by atoms with Gasteiger partial charge in [-0.05, 0) is 35.9 Å². The molecule has 2 aromatic heterocycles. The van der Waals surface area contributed by atoms with Crippen LogP contribution in [0.25, 0.3) is 11.6 Å². The highest BCUT2D eigenvalue weighted by atomic mass is 35.5. The largest absolute Gasteiger partial charge is 0.482 e. The van der Waals surface area contributed by atoms with Gasteiger partial charge in [-0.2, -0.15) is 9.67 Å². The van der Waals surface area contributed by atoms with Crippen LogP contribution in [0.15, 0.2) is 71.3 Å². The van der Waals surface area contributed by atoms with Gasteiger partial charge in [-0.3, -0.25) is 4.79 Å². The molecule has 0 atom stereocenters. The monoisotopic (exact) mass is 442 g/mol. The van der Waals surface area contributed by atoms with E-state index in [2.05, 4.69) is 15.4 Å². The molecule has 0 fully saturated rings. The van der Waals surface area contributed by atoms with Crippen LogP contribution in [0.4, 0.5) is 5.95 Å². The lowest BCUT2D eigenvalue weighted by Gasteiger charge is -2.09. The Kier molecular flexibility index (Phi) is 6.02. The first-order valence-electron chi connectivity index (χ1n) is 9.00. The van der Waals surface area contributed by atoms with Gasteiger partial charge in [0.1, 0.15) is 5.75 Å². The van der Waals surface area contributed by atoms with Crippen LogP contribution in [0, 0.1) is 0 Å². The van der Waals surface area contributed by atoms with E-state index in [0.29, 0.717) is 28.1 Å². The average Bonchev–Trinajstić information content (AvgIpc) is 3.42. The third-order valence-electron chi connectivity index (χ3n) is 4.12. The predicted octanol–water partition coefficient (Wildman–Crippen LogP) is 5.18. The van der Waals surface area contributed by atoms with Gasteiger partial charge in [-0.15, -0.1) is 5.10 Å². The molecule has 30 heavy (non-hydrogen) atoms. The van der Waals surface area contributed by atoms with Crippen molar-refractivity contribution < 1.29 is 13.9 Å². The van der Waals surface area contributed by atoms with Crippen molar-refractivity contribution in [1.29, 1.82) is 0 Å². The normalized spacial score (nSPS) is 10.7. The fraction of sp³-hybridized carbons (Fsp3) is 0.0952. The molecule has 152 valence electrons. The van der Waals surface area contributed by atoms with Crippen molar-refractivity contribution in [1.82, 2.24) is 14.8 Å². The van der Waals surface area contributed by atoms with Gasteiger partial charge in [0, 0.05) is 11.6 Å². The molecule has 2 aromatic carbocycles. The molecule has 9 heteroatoms. The molecule has 1 N–H and O–H groups in total. The van der Waals surface area contributed by atoms with Gasteiger partial charge >= 0.3 is 0 Å². The van der Waals surface area contributed by atoms with E-state index < -0.39 is 5.91 Å². The first-order valence-corrected chi connectivity index (χ1v) is 9.75. The fourth-order valence-electron chi connectivity index (χ4n) is 2.68. The molecule has 7 nitrogen and oxygen atoms in total. The molecule has 4 aromatic rings. The maximum Gasteiger partial charge on any atom is 0.287 e. The predicted molar refractivity (Wildman–Crippen MR) is 114 cm³/mol. The topological polar surface area (TPSA) is 82.2 Å². The standard InChI is InChI=1S/C21H16Cl2N4O3/c22-15-8-9-17(16(23)11-15)30-13-19(28)27-21(24-12-14-5-2-1-3-6-14)25-20(26-27)18-7-4-10-29-18/h1-11H,12-13H2,(H,24,25,26). The number of carbonyl (C=O) groups is 1. The Labute approximate surface area is 182 Å². The van der Waals surface area contributed by atoms with Crippen LogP contribution in [0.3, 0.4) is 0 Å². The summed E-state index contributed by atoms with van der Waals surface area (Å²) in [7, 11) is 0. The van der Waals surface area contributed by atoms with Gasteiger partial charge in [-0.1, -0.05) is 53.5 Å². The summed E-state index contributed by atoms with van der Waals surface area (Å²) < 4.78 is 12.1. The van der Waals surface area contributed by atoms with Crippen molar-refractivity contribution >= 4 is 35.1 Å². The lowest BCUT2D eigenvalue weighted by Crippen LogP contribution is -2.22. The zero-order valence-corrected chi connectivity index (χ0v) is 17.1. The summed E-state index contributed by atoms with van der Waals surface area (Å²) in [5.41, 5.74) is 1.03. The third kappa shape index (κ3) is 4.64. The van der Waals surface area contributed by atoms with E-state index in [1.54, 1.807) is 30.3 Å². The van der Waals surface area contributed by atoms with Crippen LogP contribution < -0.4 is 10.1 Å². The second-order valence-electron chi connectivity index (χ2n) is 6.24. The van der Waals surface area contributed by atoms with Crippen molar-refractivity contribution in [3.05, 3.63) is 82.5 Å². The number of carbonyl (C=O) groups excluding carboxylic acids is 1. The Balaban J connectivity index is 1.54. The first kappa shape index (κ1) is 20.0. The van der Waals surface area contributed by atoms with Crippen molar-refractivity contribution in [2.24, 2.45) is 0 Å². The number of nitrogens with zero attached hydrogens (tertiary/aromatic N) is 3. The van der Waals surface area contributed by atoms with E-state index in [9.17, 15) is 4.79 Å². The lowest BCUT2D eigenvalue weighted by atomic mass is 10.2. The summed E-state index contributed by atoms with van der Waals surface area (Å²) >= 11 is 12.0. The third-order valence-corrected chi connectivity index (χ3v) is 4.65. The zero-order valence-electron chi connectivity index (χ0n) is 15.6. The van der Waals surface area contributed by atoms with E-state index in [0.717, 1.165) is 10.2 Å². The van der Waals surface area contributed by atoms with E-state index in [-0.39, 0.29) is 18.4 Å². The Bertz CT molecular complexity index is 1140. The molecule has 0 radical (unpaired) electrons. The highest BCUT2D eigenvalue weighted by Gasteiger charge is 2.19. The van der Waals surface area contributed by atoms with Gasteiger partial charge in [0.15, 0.2) is 12.4 Å². The Morgan fingerprint density at radius 1 is 1.10 bits per heavy atom. The summed E-state index contributed by atoms with van der Waals surface area (Å²) in [6.45, 7) is 0.177. The van der Waals surface area contributed by atoms with Gasteiger partial charge in [0.25, 0.3) is 5.91 Å². The van der Waals surface area contributed by atoms with E-state index in [1.807, 2.05) is 30.3 Å². The van der Waals surface area contributed by atoms with Crippen molar-refractivity contribution in [2.75, 3.05) is 11.9 Å². The number of rotatable bonds is 7. The van der Waals surface area contributed by atoms with E-state index in [4.69, 9.17) is 32.4 Å². The molecular formula is C21H16Cl2N4O3. The molecule has 0 amide bonds. The minimum Gasteiger partial charge on any atom is -0.482 e. The number of hydrogen-bond donors (Lipinski definition) is 1. The van der Waals surface area contributed by atoms with Crippen LogP contribution >= 0.6 is 23.2 Å². The summed E-state index contributed by atoms with van der Waals surface area (Å²) in [5, 5.41) is 8.21. The highest BCUT2D eigenvalue weighted by Crippen LogP contribution is 2.27. The van der Waals surface area contributed by atoms with Gasteiger partial charge in [0.2, 0.25) is 11.8 Å². The number of hydrogen-bond acceptors (Lipinski definition) is 6. The van der Waals surface area contributed by atoms with Gasteiger partial charge < -0.3 is 14.5 Å². The molecule has 0 unspecified atom stereocenters. The molecule has 0 spiro atoms. The smallest absolute Gasteiger partial charge is 0.287 e. The molecule has 0 saturated carbocycles. The van der Waals surface area contributed by atoms with E-state index >= 15 is 0 Å². The quantitative estimate of drug-likeness (QED) is 0.424. The number of ether oxygens (including phenoxy) is 1. The van der Waals surface area contributed by atoms with Crippen LogP contribution in [-0.4, -0.2) is 27.3 Å². The number of benzene rings is 2. The fourth-order valence-corrected chi connectivity index (χ4v) is 3.14. The molecule has 2 heterocycles. The second kappa shape index (κ2) is 9.02. The Morgan fingerprint density at radius 3 is 2.67 bits per heavy atom. The van der Waals surface area contributed by atoms with Crippen molar-refractivity contribution in [2.45, 2.75) is 6.54 Å². The van der Waals surface area contributed by atoms with Crippen LogP contribution in [0.5, 0.6) is 5.75 Å². The average molecular weight is 443 g/mol. The first-order chi connectivity index (χ1) is 14.6. The summed E-state index contributed by atoms with van der Waals surface area (Å²) in [5.74, 6) is 0.932. The zero-order chi connectivity index (χ0) is 20.9. The molecule has 0 aliphatic rings. The minimum absolute atomic E-state index is 0.279. The van der Waals surface area contributed by atoms with Crippen molar-refractivity contribution in [3.63, 3.8) is 0 Å². The Morgan fingerprint density at radius 2 is 1.93 bits per heavy atom. The molecule has 0 aliphatic carbocycles. The maximum atomic E-state index is 12.8.